The summed E-state index contributed by atoms with van der Waals surface area (Å²) in [5.41, 5.74) is 5.10. The summed E-state index contributed by atoms with van der Waals surface area (Å²) in [4.78, 5) is 29.2. The Morgan fingerprint density at radius 1 is 1.16 bits per heavy atom. The third-order valence-corrected chi connectivity index (χ3v) is 5.49. The highest BCUT2D eigenvalue weighted by atomic mass is 35.5. The summed E-state index contributed by atoms with van der Waals surface area (Å²) in [5.74, 6) is -1.06. The average molecular weight is 538 g/mol. The van der Waals surface area contributed by atoms with Gasteiger partial charge in [-0.15, -0.1) is 10.2 Å². The van der Waals surface area contributed by atoms with Crippen LogP contribution in [-0.2, 0) is 13.1 Å². The number of methoxy groups -OCH3 is 1. The van der Waals surface area contributed by atoms with Crippen LogP contribution in [0, 0.1) is 0 Å². The molecule has 0 aliphatic heterocycles. The van der Waals surface area contributed by atoms with Gasteiger partial charge in [-0.1, -0.05) is 23.7 Å². The number of amides is 1. The standard InChI is InChI=1S/C22H19ClF3N7O4/c1-37-15-5-3-2-4-14(15)33-20(18(27)35)28-17(29-33)11-32-21(36)31(10-16(34)22(24,25)26)19(30-32)12-6-8-13(23)9-7-12/h2-9,16,34H,10-11H2,1H3,(H2,27,35)/t16-/m0/s1. The topological polar surface area (TPSA) is 143 Å². The Morgan fingerprint density at radius 2 is 1.84 bits per heavy atom. The molecule has 4 aromatic rings. The van der Waals surface area contributed by atoms with Gasteiger partial charge in [0.05, 0.1) is 13.7 Å². The predicted molar refractivity (Wildman–Crippen MR) is 125 cm³/mol. The molecule has 2 aromatic carbocycles. The normalized spacial score (nSPS) is 12.5. The van der Waals surface area contributed by atoms with Gasteiger partial charge in [-0.05, 0) is 36.4 Å². The van der Waals surface area contributed by atoms with Gasteiger partial charge in [-0.3, -0.25) is 9.36 Å². The van der Waals surface area contributed by atoms with E-state index in [2.05, 4.69) is 15.2 Å². The first kappa shape index (κ1) is 25.9. The van der Waals surface area contributed by atoms with Crippen molar-refractivity contribution in [1.29, 1.82) is 0 Å². The van der Waals surface area contributed by atoms with E-state index in [9.17, 15) is 27.9 Å². The number of aliphatic hydroxyl groups is 1. The van der Waals surface area contributed by atoms with Crippen molar-refractivity contribution in [2.45, 2.75) is 25.4 Å². The lowest BCUT2D eigenvalue weighted by molar-refractivity contribution is -0.207. The summed E-state index contributed by atoms with van der Waals surface area (Å²) >= 11 is 5.89. The van der Waals surface area contributed by atoms with Gasteiger partial charge in [0, 0.05) is 10.6 Å². The Kier molecular flexibility index (Phi) is 7.05. The number of rotatable bonds is 8. The third kappa shape index (κ3) is 5.34. The molecule has 11 nitrogen and oxygen atoms in total. The first-order chi connectivity index (χ1) is 17.5. The number of primary amides is 1. The number of benzene rings is 2. The number of halogens is 4. The minimum absolute atomic E-state index is 0.0783. The first-order valence-corrected chi connectivity index (χ1v) is 10.9. The minimum Gasteiger partial charge on any atom is -0.494 e. The molecule has 0 saturated heterocycles. The number of aliphatic hydroxyl groups excluding tert-OH is 1. The van der Waals surface area contributed by atoms with Crippen LogP contribution in [0.4, 0.5) is 13.2 Å². The number of carbonyl (C=O) groups is 1. The Labute approximate surface area is 211 Å². The van der Waals surface area contributed by atoms with Crippen LogP contribution in [0.5, 0.6) is 5.75 Å². The molecule has 0 fully saturated rings. The van der Waals surface area contributed by atoms with Crippen molar-refractivity contribution in [3.63, 3.8) is 0 Å². The smallest absolute Gasteiger partial charge is 0.416 e. The van der Waals surface area contributed by atoms with Crippen LogP contribution >= 0.6 is 11.6 Å². The maximum absolute atomic E-state index is 13.1. The summed E-state index contributed by atoms with van der Waals surface area (Å²) in [5, 5.41) is 18.4. The molecule has 0 spiro atoms. The summed E-state index contributed by atoms with van der Waals surface area (Å²) < 4.78 is 47.1. The highest BCUT2D eigenvalue weighted by Gasteiger charge is 2.39. The summed E-state index contributed by atoms with van der Waals surface area (Å²) in [7, 11) is 1.42. The molecular formula is C22H19ClF3N7O4. The van der Waals surface area contributed by atoms with E-state index in [0.717, 1.165) is 9.36 Å². The van der Waals surface area contributed by atoms with Gasteiger partial charge in [0.1, 0.15) is 18.0 Å². The molecular weight excluding hydrogens is 519 g/mol. The maximum Gasteiger partial charge on any atom is 0.416 e. The fourth-order valence-corrected chi connectivity index (χ4v) is 3.61. The van der Waals surface area contributed by atoms with Crippen LogP contribution < -0.4 is 16.2 Å². The van der Waals surface area contributed by atoms with E-state index in [0.29, 0.717) is 21.0 Å². The SMILES string of the molecule is COc1ccccc1-n1nc(Cn2nc(-c3ccc(Cl)cc3)n(C[C@H](O)C(F)(F)F)c2=O)nc1C(N)=O. The zero-order valence-corrected chi connectivity index (χ0v) is 19.8. The fourth-order valence-electron chi connectivity index (χ4n) is 3.49. The van der Waals surface area contributed by atoms with Crippen molar-refractivity contribution >= 4 is 17.5 Å². The second-order valence-corrected chi connectivity index (χ2v) is 8.17. The minimum atomic E-state index is -4.97. The van der Waals surface area contributed by atoms with Crippen molar-refractivity contribution in [3.8, 4) is 22.8 Å². The molecule has 1 amide bonds. The van der Waals surface area contributed by atoms with E-state index in [1.165, 1.54) is 31.4 Å². The molecule has 0 aliphatic carbocycles. The van der Waals surface area contributed by atoms with Gasteiger partial charge in [0.15, 0.2) is 17.8 Å². The molecule has 2 aromatic heterocycles. The van der Waals surface area contributed by atoms with Crippen LogP contribution in [0.3, 0.4) is 0 Å². The zero-order valence-electron chi connectivity index (χ0n) is 19.1. The number of hydrogen-bond donors (Lipinski definition) is 2. The van der Waals surface area contributed by atoms with Crippen LogP contribution in [0.25, 0.3) is 17.1 Å². The van der Waals surface area contributed by atoms with Gasteiger partial charge >= 0.3 is 11.9 Å². The second kappa shape index (κ2) is 10.1. The Morgan fingerprint density at radius 3 is 2.46 bits per heavy atom. The molecule has 0 aliphatic rings. The summed E-state index contributed by atoms with van der Waals surface area (Å²) in [6.07, 6.45) is -7.79. The van der Waals surface area contributed by atoms with Crippen molar-refractivity contribution in [1.82, 2.24) is 29.1 Å². The van der Waals surface area contributed by atoms with Gasteiger partial charge in [-0.2, -0.15) is 13.2 Å². The van der Waals surface area contributed by atoms with E-state index in [1.807, 2.05) is 0 Å². The Bertz CT molecular complexity index is 1500. The van der Waals surface area contributed by atoms with E-state index < -0.39 is 37.0 Å². The van der Waals surface area contributed by atoms with Gasteiger partial charge in [0.25, 0.3) is 5.91 Å². The van der Waals surface area contributed by atoms with Crippen molar-refractivity contribution in [2.24, 2.45) is 5.73 Å². The van der Waals surface area contributed by atoms with E-state index >= 15 is 0 Å². The van der Waals surface area contributed by atoms with E-state index in [-0.39, 0.29) is 23.0 Å². The number of aromatic nitrogens is 6. The highest BCUT2D eigenvalue weighted by Crippen LogP contribution is 2.25. The lowest BCUT2D eigenvalue weighted by Gasteiger charge is -2.15. The maximum atomic E-state index is 13.1. The molecule has 0 unspecified atom stereocenters. The molecule has 0 bridgehead atoms. The molecule has 0 saturated carbocycles. The molecule has 4 rings (SSSR count). The Hall–Kier alpha value is -4.17. The molecule has 194 valence electrons. The summed E-state index contributed by atoms with van der Waals surface area (Å²) in [6.45, 7) is -1.52. The average Bonchev–Trinajstić information content (AvgIpc) is 3.41. The van der Waals surface area contributed by atoms with Crippen molar-refractivity contribution in [3.05, 3.63) is 75.7 Å². The largest absolute Gasteiger partial charge is 0.494 e. The van der Waals surface area contributed by atoms with Gasteiger partial charge in [-0.25, -0.2) is 19.1 Å². The predicted octanol–water partition coefficient (Wildman–Crippen LogP) is 2.02. The number of ether oxygens (including phenoxy) is 1. The second-order valence-electron chi connectivity index (χ2n) is 7.74. The van der Waals surface area contributed by atoms with E-state index in [4.69, 9.17) is 22.1 Å². The first-order valence-electron chi connectivity index (χ1n) is 10.6. The van der Waals surface area contributed by atoms with Crippen LogP contribution in [-0.4, -0.2) is 59.5 Å². The van der Waals surface area contributed by atoms with E-state index in [1.54, 1.807) is 24.3 Å². The number of para-hydroxylation sites is 2. The van der Waals surface area contributed by atoms with Crippen molar-refractivity contribution < 1.29 is 27.8 Å². The number of nitrogens with zero attached hydrogens (tertiary/aromatic N) is 6. The number of carbonyl (C=O) groups excluding carboxylic acids is 1. The molecule has 1 atom stereocenters. The molecule has 15 heteroatoms. The van der Waals surface area contributed by atoms with Crippen LogP contribution in [0.2, 0.25) is 5.02 Å². The van der Waals surface area contributed by atoms with Crippen LogP contribution in [0.1, 0.15) is 16.4 Å². The molecule has 3 N–H and O–H groups in total. The number of hydrogen-bond acceptors (Lipinski definition) is 7. The van der Waals surface area contributed by atoms with Gasteiger partial charge in [0.2, 0.25) is 5.82 Å². The monoisotopic (exact) mass is 537 g/mol. The highest BCUT2D eigenvalue weighted by molar-refractivity contribution is 6.30. The number of alkyl halides is 3. The third-order valence-electron chi connectivity index (χ3n) is 5.23. The quantitative estimate of drug-likeness (QED) is 0.350. The molecule has 2 heterocycles. The Balaban J connectivity index is 1.79. The lowest BCUT2D eigenvalue weighted by atomic mass is 10.2. The molecule has 37 heavy (non-hydrogen) atoms. The van der Waals surface area contributed by atoms with Gasteiger partial charge < -0.3 is 15.6 Å². The van der Waals surface area contributed by atoms with Crippen LogP contribution in [0.15, 0.2) is 53.3 Å². The fraction of sp³-hybridized carbons (Fsp3) is 0.227. The zero-order chi connectivity index (χ0) is 26.9. The molecule has 0 radical (unpaired) electrons. The summed E-state index contributed by atoms with van der Waals surface area (Å²) in [6, 6.07) is 12.5. The van der Waals surface area contributed by atoms with Crippen molar-refractivity contribution in [2.75, 3.05) is 7.11 Å². The lowest BCUT2D eigenvalue weighted by Crippen LogP contribution is -2.37. The number of nitrogens with two attached hydrogens (primary N) is 1.